The molecule has 3 N–H and O–H groups in total. The van der Waals surface area contributed by atoms with Gasteiger partial charge in [0.2, 0.25) is 0 Å². The number of carbonyl (C=O) groups is 1. The Bertz CT molecular complexity index is 333. The fourth-order valence-electron chi connectivity index (χ4n) is 0.834. The first-order chi connectivity index (χ1) is 6.11. The van der Waals surface area contributed by atoms with Crippen LogP contribution in [0, 0.1) is 0 Å². The van der Waals surface area contributed by atoms with E-state index in [0.717, 1.165) is 0 Å². The van der Waals surface area contributed by atoms with Crippen LogP contribution in [0.25, 0.3) is 0 Å². The molecule has 0 aliphatic carbocycles. The highest BCUT2D eigenvalue weighted by Gasteiger charge is 2.08. The zero-order valence-corrected chi connectivity index (χ0v) is 7.97. The molecule has 1 aromatic rings. The Hall–Kier alpha value is -1.43. The van der Waals surface area contributed by atoms with E-state index >= 15 is 0 Å². The molecule has 0 aliphatic rings. The Balaban J connectivity index is 2.59. The smallest absolute Gasteiger partial charge is 0.269 e. The predicted octanol–water partition coefficient (Wildman–Crippen LogP) is -0.564. The monoisotopic (exact) mass is 198 g/mol. The molecule has 0 fully saturated rings. The van der Waals surface area contributed by atoms with Crippen LogP contribution in [0.1, 0.15) is 10.5 Å². The van der Waals surface area contributed by atoms with E-state index in [-0.39, 0.29) is 17.4 Å². The van der Waals surface area contributed by atoms with Gasteiger partial charge in [0.15, 0.2) is 0 Å². The maximum Gasteiger partial charge on any atom is 0.269 e. The van der Waals surface area contributed by atoms with Gasteiger partial charge in [0.05, 0.1) is 24.1 Å². The third-order valence-electron chi connectivity index (χ3n) is 1.47. The molecule has 0 radical (unpaired) electrons. The van der Waals surface area contributed by atoms with Gasteiger partial charge in [0.1, 0.15) is 5.69 Å². The Morgan fingerprint density at radius 3 is 3.00 bits per heavy atom. The fraction of sp³-hybridized carbons (Fsp3) is 0.286. The Morgan fingerprint density at radius 1 is 1.85 bits per heavy atom. The molecule has 6 heteroatoms. The highest BCUT2D eigenvalue weighted by molar-refractivity contribution is 7.80. The summed E-state index contributed by atoms with van der Waals surface area (Å²) < 4.78 is 1.62. The molecule has 1 heterocycles. The summed E-state index contributed by atoms with van der Waals surface area (Å²) in [5, 5.41) is 2.56. The molecule has 5 nitrogen and oxygen atoms in total. The van der Waals surface area contributed by atoms with Crippen LogP contribution in [0.3, 0.4) is 0 Å². The van der Waals surface area contributed by atoms with Crippen LogP contribution in [-0.4, -0.2) is 27.0 Å². The Labute approximate surface area is 80.9 Å². The zero-order chi connectivity index (χ0) is 9.84. The number of carbonyl (C=O) groups excluding carboxylic acids is 1. The molecule has 0 saturated carbocycles. The number of thiocarbonyl (C=S) groups is 1. The van der Waals surface area contributed by atoms with Crippen molar-refractivity contribution in [2.45, 2.75) is 0 Å². The lowest BCUT2D eigenvalue weighted by molar-refractivity contribution is 0.0951. The van der Waals surface area contributed by atoms with E-state index in [1.807, 2.05) is 0 Å². The molecule has 1 amide bonds. The molecule has 0 aliphatic heterocycles. The van der Waals surface area contributed by atoms with E-state index in [0.29, 0.717) is 5.69 Å². The average Bonchev–Trinajstić information content (AvgIpc) is 2.47. The molecular weight excluding hydrogens is 188 g/mol. The molecule has 0 atom stereocenters. The molecule has 0 spiro atoms. The van der Waals surface area contributed by atoms with Crippen molar-refractivity contribution in [1.82, 2.24) is 14.9 Å². The van der Waals surface area contributed by atoms with Crippen molar-refractivity contribution in [3.05, 3.63) is 18.2 Å². The summed E-state index contributed by atoms with van der Waals surface area (Å²) in [6.07, 6.45) is 3.03. The van der Waals surface area contributed by atoms with E-state index in [1.54, 1.807) is 17.9 Å². The van der Waals surface area contributed by atoms with Gasteiger partial charge in [-0.05, 0) is 0 Å². The minimum atomic E-state index is -0.229. The number of rotatable bonds is 3. The van der Waals surface area contributed by atoms with Gasteiger partial charge in [-0.15, -0.1) is 0 Å². The minimum Gasteiger partial charge on any atom is -0.392 e. The van der Waals surface area contributed by atoms with Gasteiger partial charge < -0.3 is 15.6 Å². The highest BCUT2D eigenvalue weighted by Crippen LogP contribution is 1.94. The molecule has 1 rings (SSSR count). The number of hydrogen-bond donors (Lipinski definition) is 2. The van der Waals surface area contributed by atoms with Crippen molar-refractivity contribution >= 4 is 23.1 Å². The van der Waals surface area contributed by atoms with Gasteiger partial charge >= 0.3 is 0 Å². The number of nitrogens with one attached hydrogen (secondary N) is 1. The average molecular weight is 198 g/mol. The first-order valence-corrected chi connectivity index (χ1v) is 4.05. The van der Waals surface area contributed by atoms with Crippen LogP contribution in [0.5, 0.6) is 0 Å². The van der Waals surface area contributed by atoms with E-state index < -0.39 is 0 Å². The van der Waals surface area contributed by atoms with Crippen molar-refractivity contribution in [2.24, 2.45) is 12.8 Å². The number of nitrogens with zero attached hydrogens (tertiary/aromatic N) is 2. The molecule has 0 unspecified atom stereocenters. The maximum atomic E-state index is 11.3. The van der Waals surface area contributed by atoms with Crippen molar-refractivity contribution in [3.8, 4) is 0 Å². The largest absolute Gasteiger partial charge is 0.392 e. The summed E-state index contributed by atoms with van der Waals surface area (Å²) in [4.78, 5) is 15.4. The molecule has 70 valence electrons. The summed E-state index contributed by atoms with van der Waals surface area (Å²) >= 11 is 4.62. The summed E-state index contributed by atoms with van der Waals surface area (Å²) in [5.41, 5.74) is 5.71. The second kappa shape index (κ2) is 3.99. The molecule has 0 bridgehead atoms. The van der Waals surface area contributed by atoms with E-state index in [2.05, 4.69) is 22.5 Å². The third-order valence-corrected chi connectivity index (χ3v) is 1.62. The van der Waals surface area contributed by atoms with Crippen molar-refractivity contribution in [3.63, 3.8) is 0 Å². The van der Waals surface area contributed by atoms with E-state index in [1.165, 1.54) is 6.20 Å². The number of aryl methyl sites for hydroxylation is 1. The maximum absolute atomic E-state index is 11.3. The fourth-order valence-corrected chi connectivity index (χ4v) is 0.906. The van der Waals surface area contributed by atoms with Crippen LogP contribution in [0.15, 0.2) is 12.5 Å². The molecule has 0 saturated heterocycles. The lowest BCUT2D eigenvalue weighted by Gasteiger charge is -2.03. The SMILES string of the molecule is Cn1cncc1C(=O)NCC(N)=S. The first-order valence-electron chi connectivity index (χ1n) is 3.64. The second-order valence-corrected chi connectivity index (χ2v) is 3.06. The quantitative estimate of drug-likeness (QED) is 0.638. The van der Waals surface area contributed by atoms with Gasteiger partial charge in [-0.25, -0.2) is 4.98 Å². The normalized spacial score (nSPS) is 9.62. The van der Waals surface area contributed by atoms with Crippen LogP contribution < -0.4 is 11.1 Å². The van der Waals surface area contributed by atoms with Gasteiger partial charge in [0, 0.05) is 7.05 Å². The van der Waals surface area contributed by atoms with Gasteiger partial charge in [0.25, 0.3) is 5.91 Å². The highest BCUT2D eigenvalue weighted by atomic mass is 32.1. The van der Waals surface area contributed by atoms with E-state index in [9.17, 15) is 4.79 Å². The van der Waals surface area contributed by atoms with Gasteiger partial charge in [-0.1, -0.05) is 12.2 Å². The van der Waals surface area contributed by atoms with Gasteiger partial charge in [-0.2, -0.15) is 0 Å². The van der Waals surface area contributed by atoms with E-state index in [4.69, 9.17) is 5.73 Å². The lowest BCUT2D eigenvalue weighted by atomic mass is 10.4. The summed E-state index contributed by atoms with van der Waals surface area (Å²) in [5.74, 6) is -0.229. The van der Waals surface area contributed by atoms with Crippen LogP contribution in [-0.2, 0) is 7.05 Å². The lowest BCUT2D eigenvalue weighted by Crippen LogP contribution is -2.33. The molecule has 13 heavy (non-hydrogen) atoms. The van der Waals surface area contributed by atoms with Crippen LogP contribution >= 0.6 is 12.2 Å². The minimum absolute atomic E-state index is 0.208. The second-order valence-electron chi connectivity index (χ2n) is 2.54. The number of nitrogens with two attached hydrogens (primary N) is 1. The predicted molar refractivity (Wildman–Crippen MR) is 52.3 cm³/mol. The van der Waals surface area contributed by atoms with Gasteiger partial charge in [-0.3, -0.25) is 4.79 Å². The summed E-state index contributed by atoms with van der Waals surface area (Å²) in [6.45, 7) is 0.208. The Morgan fingerprint density at radius 2 is 2.54 bits per heavy atom. The van der Waals surface area contributed by atoms with Crippen LogP contribution in [0.4, 0.5) is 0 Å². The van der Waals surface area contributed by atoms with Crippen molar-refractivity contribution < 1.29 is 4.79 Å². The number of aromatic nitrogens is 2. The molecule has 1 aromatic heterocycles. The standard InChI is InChI=1S/C7H10N4OS/c1-11-4-9-2-5(11)7(12)10-3-6(8)13/h2,4H,3H2,1H3,(H2,8,13)(H,10,12). The third kappa shape index (κ3) is 2.51. The topological polar surface area (TPSA) is 72.9 Å². The Kier molecular flexibility index (Phi) is 2.97. The van der Waals surface area contributed by atoms with Crippen molar-refractivity contribution in [2.75, 3.05) is 6.54 Å². The van der Waals surface area contributed by atoms with Crippen LogP contribution in [0.2, 0.25) is 0 Å². The first kappa shape index (κ1) is 9.66. The molecular formula is C7H10N4OS. The zero-order valence-electron chi connectivity index (χ0n) is 7.15. The number of amides is 1. The number of hydrogen-bond acceptors (Lipinski definition) is 3. The number of imidazole rings is 1. The molecule has 0 aromatic carbocycles. The summed E-state index contributed by atoms with van der Waals surface area (Å²) in [6, 6.07) is 0. The summed E-state index contributed by atoms with van der Waals surface area (Å²) in [7, 11) is 1.74. The van der Waals surface area contributed by atoms with Crippen molar-refractivity contribution in [1.29, 1.82) is 0 Å².